The van der Waals surface area contributed by atoms with Crippen LogP contribution < -0.4 is 4.74 Å². The number of phenols is 1. The number of carboxylic acid groups (broad SMARTS) is 1. The summed E-state index contributed by atoms with van der Waals surface area (Å²) >= 11 is 0. The Labute approximate surface area is 81.8 Å². The molecule has 1 aromatic rings. The van der Waals surface area contributed by atoms with Crippen molar-refractivity contribution in [2.75, 3.05) is 7.11 Å². The molecule has 0 aliphatic heterocycles. The molecule has 0 fully saturated rings. The third-order valence-electron chi connectivity index (χ3n) is 1.94. The molecule has 0 aliphatic rings. The first-order valence-electron chi connectivity index (χ1n) is 4.13. The van der Waals surface area contributed by atoms with E-state index in [1.807, 2.05) is 0 Å². The van der Waals surface area contributed by atoms with Gasteiger partial charge in [0.15, 0.2) is 0 Å². The summed E-state index contributed by atoms with van der Waals surface area (Å²) in [7, 11) is 1.50. The van der Waals surface area contributed by atoms with Gasteiger partial charge in [-0.15, -0.1) is 0 Å². The average molecular weight is 196 g/mol. The monoisotopic (exact) mass is 196 g/mol. The van der Waals surface area contributed by atoms with E-state index in [2.05, 4.69) is 0 Å². The van der Waals surface area contributed by atoms with Crippen molar-refractivity contribution in [3.8, 4) is 11.5 Å². The van der Waals surface area contributed by atoms with E-state index < -0.39 is 5.97 Å². The third-order valence-corrected chi connectivity index (χ3v) is 1.94. The molecule has 1 rings (SSSR count). The van der Waals surface area contributed by atoms with Gasteiger partial charge in [-0.2, -0.15) is 0 Å². The summed E-state index contributed by atoms with van der Waals surface area (Å²) in [5.41, 5.74) is 1.14. The van der Waals surface area contributed by atoms with Crippen LogP contribution in [0.5, 0.6) is 11.5 Å². The van der Waals surface area contributed by atoms with Gasteiger partial charge in [-0.3, -0.25) is 4.79 Å². The van der Waals surface area contributed by atoms with Gasteiger partial charge in [-0.25, -0.2) is 0 Å². The van der Waals surface area contributed by atoms with Crippen LogP contribution in [0.3, 0.4) is 0 Å². The average Bonchev–Trinajstić information content (AvgIpc) is 2.09. The van der Waals surface area contributed by atoms with Crippen molar-refractivity contribution >= 4 is 5.97 Å². The quantitative estimate of drug-likeness (QED) is 0.765. The zero-order chi connectivity index (χ0) is 10.7. The van der Waals surface area contributed by atoms with E-state index in [4.69, 9.17) is 9.84 Å². The fourth-order valence-corrected chi connectivity index (χ4v) is 1.24. The number of phenolic OH excluding ortho intramolecular Hbond substituents is 1. The molecule has 0 spiro atoms. The van der Waals surface area contributed by atoms with Crippen molar-refractivity contribution in [1.29, 1.82) is 0 Å². The Bertz CT molecular complexity index is 357. The van der Waals surface area contributed by atoms with Gasteiger partial charge in [0.25, 0.3) is 0 Å². The number of rotatable bonds is 3. The number of carboxylic acids is 1. The molecular weight excluding hydrogens is 184 g/mol. The van der Waals surface area contributed by atoms with Crippen molar-refractivity contribution in [3.63, 3.8) is 0 Å². The van der Waals surface area contributed by atoms with E-state index in [9.17, 15) is 9.90 Å². The zero-order valence-corrected chi connectivity index (χ0v) is 8.07. The van der Waals surface area contributed by atoms with E-state index in [0.717, 1.165) is 5.56 Å². The maximum Gasteiger partial charge on any atom is 0.307 e. The van der Waals surface area contributed by atoms with Gasteiger partial charge in [-0.05, 0) is 24.6 Å². The van der Waals surface area contributed by atoms with E-state index in [1.165, 1.54) is 13.2 Å². The molecule has 4 nitrogen and oxygen atoms in total. The van der Waals surface area contributed by atoms with Gasteiger partial charge in [0.05, 0.1) is 13.5 Å². The molecule has 0 atom stereocenters. The Balaban J connectivity index is 3.10. The van der Waals surface area contributed by atoms with Crippen LogP contribution in [0, 0.1) is 6.92 Å². The first-order chi connectivity index (χ1) is 6.54. The second-order valence-electron chi connectivity index (χ2n) is 3.02. The summed E-state index contributed by atoms with van der Waals surface area (Å²) in [4.78, 5) is 10.5. The Hall–Kier alpha value is -1.71. The van der Waals surface area contributed by atoms with Gasteiger partial charge >= 0.3 is 5.97 Å². The van der Waals surface area contributed by atoms with Crippen LogP contribution in [0.4, 0.5) is 0 Å². The first-order valence-corrected chi connectivity index (χ1v) is 4.13. The number of hydrogen-bond acceptors (Lipinski definition) is 3. The molecule has 0 saturated carbocycles. The summed E-state index contributed by atoms with van der Waals surface area (Å²) in [5.74, 6) is -0.407. The number of aryl methyl sites for hydroxylation is 1. The molecule has 0 heterocycles. The Kier molecular flexibility index (Phi) is 2.96. The second kappa shape index (κ2) is 4.00. The molecule has 0 saturated heterocycles. The Morgan fingerprint density at radius 1 is 1.50 bits per heavy atom. The molecule has 2 N–H and O–H groups in total. The maximum absolute atomic E-state index is 10.5. The van der Waals surface area contributed by atoms with E-state index in [0.29, 0.717) is 11.3 Å². The fourth-order valence-electron chi connectivity index (χ4n) is 1.24. The Morgan fingerprint density at radius 2 is 2.14 bits per heavy atom. The number of ether oxygens (including phenoxy) is 1. The third kappa shape index (κ3) is 2.16. The SMILES string of the molecule is COc1cc(CC(=O)O)c(O)cc1C. The molecule has 0 unspecified atom stereocenters. The molecule has 0 aliphatic carbocycles. The summed E-state index contributed by atoms with van der Waals surface area (Å²) < 4.78 is 5.02. The summed E-state index contributed by atoms with van der Waals surface area (Å²) in [5, 5.41) is 18.0. The summed E-state index contributed by atoms with van der Waals surface area (Å²) in [6.07, 6.45) is -0.206. The highest BCUT2D eigenvalue weighted by molar-refractivity contribution is 5.71. The van der Waals surface area contributed by atoms with Crippen molar-refractivity contribution in [2.45, 2.75) is 13.3 Å². The maximum atomic E-state index is 10.5. The minimum atomic E-state index is -0.980. The van der Waals surface area contributed by atoms with Gasteiger partial charge in [0.2, 0.25) is 0 Å². The molecule has 76 valence electrons. The molecule has 0 bridgehead atoms. The second-order valence-corrected chi connectivity index (χ2v) is 3.02. The lowest BCUT2D eigenvalue weighted by Gasteiger charge is -2.08. The molecule has 0 aromatic heterocycles. The lowest BCUT2D eigenvalue weighted by Crippen LogP contribution is -2.01. The van der Waals surface area contributed by atoms with Gasteiger partial charge < -0.3 is 14.9 Å². The van der Waals surface area contributed by atoms with Crippen molar-refractivity contribution in [1.82, 2.24) is 0 Å². The number of aromatic hydroxyl groups is 1. The van der Waals surface area contributed by atoms with E-state index >= 15 is 0 Å². The van der Waals surface area contributed by atoms with Gasteiger partial charge in [0.1, 0.15) is 11.5 Å². The standard InChI is InChI=1S/C10H12O4/c1-6-3-8(11)7(5-10(12)13)4-9(6)14-2/h3-4,11H,5H2,1-2H3,(H,12,13). The highest BCUT2D eigenvalue weighted by Gasteiger charge is 2.09. The van der Waals surface area contributed by atoms with Gasteiger partial charge in [-0.1, -0.05) is 0 Å². The van der Waals surface area contributed by atoms with Crippen LogP contribution in [0.15, 0.2) is 12.1 Å². The Morgan fingerprint density at radius 3 is 2.64 bits per heavy atom. The molecule has 4 heteroatoms. The van der Waals surface area contributed by atoms with Crippen LogP contribution in [0.1, 0.15) is 11.1 Å². The van der Waals surface area contributed by atoms with Crippen LogP contribution >= 0.6 is 0 Å². The minimum absolute atomic E-state index is 0.00861. The zero-order valence-electron chi connectivity index (χ0n) is 8.07. The minimum Gasteiger partial charge on any atom is -0.508 e. The number of aliphatic carboxylic acids is 1. The highest BCUT2D eigenvalue weighted by Crippen LogP contribution is 2.27. The molecule has 1 aromatic carbocycles. The number of hydrogen-bond donors (Lipinski definition) is 2. The highest BCUT2D eigenvalue weighted by atomic mass is 16.5. The van der Waals surface area contributed by atoms with Crippen LogP contribution in [0.25, 0.3) is 0 Å². The fraction of sp³-hybridized carbons (Fsp3) is 0.300. The van der Waals surface area contributed by atoms with Crippen LogP contribution in [-0.2, 0) is 11.2 Å². The molecule has 14 heavy (non-hydrogen) atoms. The van der Waals surface area contributed by atoms with Crippen LogP contribution in [-0.4, -0.2) is 23.3 Å². The summed E-state index contributed by atoms with van der Waals surface area (Å²) in [6.45, 7) is 1.78. The normalized spacial score (nSPS) is 9.86. The van der Waals surface area contributed by atoms with Crippen molar-refractivity contribution in [3.05, 3.63) is 23.3 Å². The smallest absolute Gasteiger partial charge is 0.307 e. The van der Waals surface area contributed by atoms with Crippen molar-refractivity contribution in [2.24, 2.45) is 0 Å². The van der Waals surface area contributed by atoms with Gasteiger partial charge in [0, 0.05) is 5.56 Å². The largest absolute Gasteiger partial charge is 0.508 e. The molecule has 0 radical (unpaired) electrons. The number of carbonyl (C=O) groups is 1. The first kappa shape index (κ1) is 10.4. The lowest BCUT2D eigenvalue weighted by molar-refractivity contribution is -0.136. The topological polar surface area (TPSA) is 66.8 Å². The molecule has 0 amide bonds. The summed E-state index contributed by atoms with van der Waals surface area (Å²) in [6, 6.07) is 3.04. The molecular formula is C10H12O4. The van der Waals surface area contributed by atoms with E-state index in [1.54, 1.807) is 13.0 Å². The number of methoxy groups -OCH3 is 1. The van der Waals surface area contributed by atoms with Crippen molar-refractivity contribution < 1.29 is 19.7 Å². The lowest BCUT2D eigenvalue weighted by atomic mass is 10.1. The van der Waals surface area contributed by atoms with E-state index in [-0.39, 0.29) is 12.2 Å². The predicted octanol–water partition coefficient (Wildman–Crippen LogP) is 1.34. The number of benzene rings is 1. The predicted molar refractivity (Wildman–Crippen MR) is 50.7 cm³/mol. The van der Waals surface area contributed by atoms with Crippen LogP contribution in [0.2, 0.25) is 0 Å².